The van der Waals surface area contributed by atoms with Gasteiger partial charge in [0.05, 0.1) is 17.0 Å². The predicted molar refractivity (Wildman–Crippen MR) is 101 cm³/mol. The minimum atomic E-state index is -0.0630. The number of hydrogen-bond donors (Lipinski definition) is 0. The molecule has 2 aromatic carbocycles. The second kappa shape index (κ2) is 6.97. The summed E-state index contributed by atoms with van der Waals surface area (Å²) >= 11 is 3.47. The number of aryl methyl sites for hydroxylation is 1. The van der Waals surface area contributed by atoms with Crippen molar-refractivity contribution in [1.29, 1.82) is 0 Å². The Hall–Kier alpha value is -2.46. The highest BCUT2D eigenvalue weighted by molar-refractivity contribution is 9.10. The Morgan fingerprint density at radius 1 is 1.00 bits per heavy atom. The summed E-state index contributed by atoms with van der Waals surface area (Å²) in [6, 6.07) is 21.3. The SMILES string of the molecule is Cc1nc(-c2cccc(Br)c2)ccc1C(=O)N(C)c1ccccc1. The summed E-state index contributed by atoms with van der Waals surface area (Å²) in [4.78, 5) is 19.0. The summed E-state index contributed by atoms with van der Waals surface area (Å²) in [5.41, 5.74) is 4.06. The second-order valence-corrected chi connectivity index (χ2v) is 6.46. The van der Waals surface area contributed by atoms with E-state index in [4.69, 9.17) is 0 Å². The van der Waals surface area contributed by atoms with Crippen molar-refractivity contribution in [2.45, 2.75) is 6.92 Å². The van der Waals surface area contributed by atoms with Crippen LogP contribution in [0.2, 0.25) is 0 Å². The number of hydrogen-bond acceptors (Lipinski definition) is 2. The quantitative estimate of drug-likeness (QED) is 0.633. The molecule has 3 aromatic rings. The predicted octanol–water partition coefficient (Wildman–Crippen LogP) is 5.10. The van der Waals surface area contributed by atoms with Gasteiger partial charge >= 0.3 is 0 Å². The maximum atomic E-state index is 12.7. The standard InChI is InChI=1S/C20H17BrN2O/c1-14-18(20(24)23(2)17-9-4-3-5-10-17)11-12-19(22-14)15-7-6-8-16(21)13-15/h3-13H,1-2H3. The van der Waals surface area contributed by atoms with Gasteiger partial charge in [0.1, 0.15) is 0 Å². The number of carbonyl (C=O) groups is 1. The van der Waals surface area contributed by atoms with Crippen LogP contribution in [0.15, 0.2) is 71.2 Å². The van der Waals surface area contributed by atoms with Gasteiger partial charge in [0, 0.05) is 22.8 Å². The molecular formula is C20H17BrN2O. The lowest BCUT2D eigenvalue weighted by Crippen LogP contribution is -2.27. The minimum Gasteiger partial charge on any atom is -0.311 e. The van der Waals surface area contributed by atoms with Crippen molar-refractivity contribution in [2.24, 2.45) is 0 Å². The first-order valence-electron chi connectivity index (χ1n) is 7.63. The number of para-hydroxylation sites is 1. The third kappa shape index (κ3) is 3.39. The summed E-state index contributed by atoms with van der Waals surface area (Å²) in [6.45, 7) is 1.87. The number of anilines is 1. The minimum absolute atomic E-state index is 0.0630. The van der Waals surface area contributed by atoms with Crippen LogP contribution in [0.1, 0.15) is 16.1 Å². The number of amides is 1. The van der Waals surface area contributed by atoms with E-state index >= 15 is 0 Å². The summed E-state index contributed by atoms with van der Waals surface area (Å²) in [5, 5.41) is 0. The van der Waals surface area contributed by atoms with Gasteiger partial charge in [-0.25, -0.2) is 0 Å². The number of nitrogens with zero attached hydrogens (tertiary/aromatic N) is 2. The Bertz CT molecular complexity index is 878. The van der Waals surface area contributed by atoms with Crippen molar-refractivity contribution in [3.05, 3.63) is 82.5 Å². The largest absolute Gasteiger partial charge is 0.311 e. The molecule has 1 amide bonds. The van der Waals surface area contributed by atoms with Crippen molar-refractivity contribution in [1.82, 2.24) is 4.98 Å². The topological polar surface area (TPSA) is 33.2 Å². The first kappa shape index (κ1) is 16.4. The molecule has 0 unspecified atom stereocenters. The van der Waals surface area contributed by atoms with E-state index in [9.17, 15) is 4.79 Å². The second-order valence-electron chi connectivity index (χ2n) is 5.54. The summed E-state index contributed by atoms with van der Waals surface area (Å²) in [7, 11) is 1.78. The van der Waals surface area contributed by atoms with Crippen LogP contribution in [0.3, 0.4) is 0 Å². The number of carbonyl (C=O) groups excluding carboxylic acids is 1. The lowest BCUT2D eigenvalue weighted by molar-refractivity contribution is 0.0992. The molecule has 0 saturated carbocycles. The zero-order chi connectivity index (χ0) is 17.1. The Kier molecular flexibility index (Phi) is 4.76. The molecule has 0 N–H and O–H groups in total. The molecule has 0 aliphatic heterocycles. The molecule has 3 nitrogen and oxygen atoms in total. The number of halogens is 1. The van der Waals surface area contributed by atoms with E-state index in [0.717, 1.165) is 27.1 Å². The lowest BCUT2D eigenvalue weighted by atomic mass is 10.1. The van der Waals surface area contributed by atoms with Gasteiger partial charge in [0.15, 0.2) is 0 Å². The first-order chi connectivity index (χ1) is 11.6. The van der Waals surface area contributed by atoms with E-state index in [1.54, 1.807) is 11.9 Å². The van der Waals surface area contributed by atoms with Gasteiger partial charge in [-0.05, 0) is 43.3 Å². The Labute approximate surface area is 150 Å². The van der Waals surface area contributed by atoms with Gasteiger partial charge in [-0.3, -0.25) is 9.78 Å². The van der Waals surface area contributed by atoms with Gasteiger partial charge in [-0.1, -0.05) is 46.3 Å². The van der Waals surface area contributed by atoms with Gasteiger partial charge in [-0.15, -0.1) is 0 Å². The molecular weight excluding hydrogens is 364 g/mol. The van der Waals surface area contributed by atoms with E-state index in [-0.39, 0.29) is 5.91 Å². The van der Waals surface area contributed by atoms with Crippen molar-refractivity contribution in [3.8, 4) is 11.3 Å². The average Bonchev–Trinajstić information content (AvgIpc) is 2.61. The molecule has 24 heavy (non-hydrogen) atoms. The van der Waals surface area contributed by atoms with Crippen molar-refractivity contribution < 1.29 is 4.79 Å². The fourth-order valence-corrected chi connectivity index (χ4v) is 2.94. The highest BCUT2D eigenvalue weighted by Gasteiger charge is 2.17. The van der Waals surface area contributed by atoms with E-state index in [1.807, 2.05) is 73.7 Å². The molecule has 0 spiro atoms. The van der Waals surface area contributed by atoms with Crippen LogP contribution in [0.5, 0.6) is 0 Å². The molecule has 1 heterocycles. The molecule has 0 fully saturated rings. The van der Waals surface area contributed by atoms with Crippen molar-refractivity contribution in [3.63, 3.8) is 0 Å². The van der Waals surface area contributed by atoms with Gasteiger partial charge in [0.2, 0.25) is 0 Å². The molecule has 1 aromatic heterocycles. The highest BCUT2D eigenvalue weighted by atomic mass is 79.9. The molecule has 0 bridgehead atoms. The van der Waals surface area contributed by atoms with Crippen LogP contribution in [0.4, 0.5) is 5.69 Å². The monoisotopic (exact) mass is 380 g/mol. The first-order valence-corrected chi connectivity index (χ1v) is 8.42. The molecule has 0 saturated heterocycles. The lowest BCUT2D eigenvalue weighted by Gasteiger charge is -2.18. The fourth-order valence-electron chi connectivity index (χ4n) is 2.55. The molecule has 3 rings (SSSR count). The van der Waals surface area contributed by atoms with Crippen LogP contribution < -0.4 is 4.90 Å². The number of aromatic nitrogens is 1. The Morgan fingerprint density at radius 3 is 2.42 bits per heavy atom. The fraction of sp³-hybridized carbons (Fsp3) is 0.100. The normalized spacial score (nSPS) is 10.5. The van der Waals surface area contributed by atoms with Crippen LogP contribution >= 0.6 is 15.9 Å². The summed E-state index contributed by atoms with van der Waals surface area (Å²) < 4.78 is 1.00. The Morgan fingerprint density at radius 2 is 1.75 bits per heavy atom. The summed E-state index contributed by atoms with van der Waals surface area (Å²) in [6.07, 6.45) is 0. The number of pyridine rings is 1. The number of rotatable bonds is 3. The van der Waals surface area contributed by atoms with Gasteiger partial charge in [0.25, 0.3) is 5.91 Å². The van der Waals surface area contributed by atoms with Gasteiger partial charge in [-0.2, -0.15) is 0 Å². The van der Waals surface area contributed by atoms with Crippen LogP contribution in [0.25, 0.3) is 11.3 Å². The molecule has 4 heteroatoms. The van der Waals surface area contributed by atoms with E-state index in [0.29, 0.717) is 5.56 Å². The summed E-state index contributed by atoms with van der Waals surface area (Å²) in [5.74, 6) is -0.0630. The Balaban J connectivity index is 1.91. The molecule has 120 valence electrons. The third-order valence-corrected chi connectivity index (χ3v) is 4.38. The zero-order valence-corrected chi connectivity index (χ0v) is 15.1. The maximum Gasteiger partial charge on any atom is 0.259 e. The smallest absolute Gasteiger partial charge is 0.259 e. The van der Waals surface area contributed by atoms with E-state index in [2.05, 4.69) is 20.9 Å². The highest BCUT2D eigenvalue weighted by Crippen LogP contribution is 2.23. The van der Waals surface area contributed by atoms with Crippen LogP contribution in [0, 0.1) is 6.92 Å². The van der Waals surface area contributed by atoms with E-state index in [1.165, 1.54) is 0 Å². The van der Waals surface area contributed by atoms with Crippen LogP contribution in [-0.4, -0.2) is 17.9 Å². The van der Waals surface area contributed by atoms with Crippen LogP contribution in [-0.2, 0) is 0 Å². The third-order valence-electron chi connectivity index (χ3n) is 3.88. The van der Waals surface area contributed by atoms with Crippen molar-refractivity contribution >= 4 is 27.5 Å². The average molecular weight is 381 g/mol. The maximum absolute atomic E-state index is 12.7. The van der Waals surface area contributed by atoms with Gasteiger partial charge < -0.3 is 4.90 Å². The number of benzene rings is 2. The molecule has 0 radical (unpaired) electrons. The molecule has 0 aliphatic carbocycles. The zero-order valence-electron chi connectivity index (χ0n) is 13.5. The van der Waals surface area contributed by atoms with Crippen molar-refractivity contribution in [2.75, 3.05) is 11.9 Å². The van der Waals surface area contributed by atoms with E-state index < -0.39 is 0 Å². The molecule has 0 aliphatic rings. The molecule has 0 atom stereocenters.